The Morgan fingerprint density at radius 3 is 1.86 bits per heavy atom. The van der Waals surface area contributed by atoms with Crippen LogP contribution in [0.25, 0.3) is 72.0 Å². The summed E-state index contributed by atoms with van der Waals surface area (Å²) in [5, 5.41) is 3.08. The lowest BCUT2D eigenvalue weighted by atomic mass is 10.0. The largest absolute Gasteiger partial charge is 0.309 e. The molecule has 0 spiro atoms. The highest BCUT2D eigenvalue weighted by Crippen LogP contribution is 2.35. The molecule has 0 radical (unpaired) electrons. The highest BCUT2D eigenvalue weighted by atomic mass is 16.1. The zero-order chi connectivity index (χ0) is 28.5. The van der Waals surface area contributed by atoms with Crippen molar-refractivity contribution in [2.45, 2.75) is 0 Å². The molecule has 0 saturated heterocycles. The van der Waals surface area contributed by atoms with E-state index in [0.717, 1.165) is 39.1 Å². The monoisotopic (exact) mass is 552 g/mol. The van der Waals surface area contributed by atoms with E-state index in [2.05, 4.69) is 87.8 Å². The van der Waals surface area contributed by atoms with Crippen molar-refractivity contribution in [3.8, 4) is 22.5 Å². The maximum atomic E-state index is 13.9. The topological polar surface area (TPSA) is 44.2 Å². The first-order chi connectivity index (χ1) is 21.3. The Balaban J connectivity index is 1.22. The van der Waals surface area contributed by atoms with Crippen LogP contribution in [0.15, 0.2) is 150 Å². The van der Waals surface area contributed by atoms with Crippen molar-refractivity contribution >= 4 is 49.5 Å². The maximum absolute atomic E-state index is 13.9. The minimum Gasteiger partial charge on any atom is -0.309 e. The van der Waals surface area contributed by atoms with Crippen molar-refractivity contribution in [1.29, 1.82) is 0 Å². The van der Waals surface area contributed by atoms with E-state index in [-0.39, 0.29) is 5.56 Å². The SMILES string of the molecule is O=c1c2ccccc2n2c3ccccc3nc2n1-c1ccc(-c2ccc3c(c2)c2ccccc2n3-c2ccccc2)cc1. The molecule has 3 aromatic heterocycles. The average molecular weight is 553 g/mol. The fourth-order valence-corrected chi connectivity index (χ4v) is 6.50. The molecular weight excluding hydrogens is 528 g/mol. The number of benzene rings is 6. The van der Waals surface area contributed by atoms with Gasteiger partial charge in [0.2, 0.25) is 5.78 Å². The number of hydrogen-bond acceptors (Lipinski definition) is 2. The summed E-state index contributed by atoms with van der Waals surface area (Å²) in [6.45, 7) is 0. The molecule has 0 atom stereocenters. The average Bonchev–Trinajstić information content (AvgIpc) is 3.61. The zero-order valence-electron chi connectivity index (χ0n) is 23.1. The van der Waals surface area contributed by atoms with Crippen LogP contribution < -0.4 is 5.56 Å². The highest BCUT2D eigenvalue weighted by molar-refractivity contribution is 6.10. The van der Waals surface area contributed by atoms with Gasteiger partial charge >= 0.3 is 0 Å². The molecule has 0 N–H and O–H groups in total. The molecule has 5 heteroatoms. The fraction of sp³-hybridized carbons (Fsp3) is 0. The van der Waals surface area contributed by atoms with Gasteiger partial charge in [0.05, 0.1) is 38.7 Å². The molecule has 0 saturated carbocycles. The second kappa shape index (κ2) is 9.03. The molecule has 0 fully saturated rings. The van der Waals surface area contributed by atoms with Crippen LogP contribution in [0.4, 0.5) is 0 Å². The van der Waals surface area contributed by atoms with Crippen molar-refractivity contribution in [2.75, 3.05) is 0 Å². The standard InChI is InChI=1S/C38H24N4O/c43-37-30-13-5-8-16-34(30)42-36-17-9-6-14-32(36)39-38(42)41(37)28-21-18-25(19-22-28)26-20-23-35-31(24-26)29-12-4-7-15-33(29)40(35)27-10-2-1-3-11-27/h1-24H. The molecule has 0 aliphatic heterocycles. The van der Waals surface area contributed by atoms with Gasteiger partial charge in [0.25, 0.3) is 5.56 Å². The number of fused-ring (bicyclic) bond motifs is 8. The van der Waals surface area contributed by atoms with Gasteiger partial charge in [0.15, 0.2) is 0 Å². The van der Waals surface area contributed by atoms with Gasteiger partial charge in [-0.2, -0.15) is 0 Å². The molecular formula is C38H24N4O. The van der Waals surface area contributed by atoms with Gasteiger partial charge in [-0.1, -0.05) is 78.9 Å². The number of hydrogen-bond donors (Lipinski definition) is 0. The Morgan fingerprint density at radius 2 is 1.05 bits per heavy atom. The highest BCUT2D eigenvalue weighted by Gasteiger charge is 2.17. The lowest BCUT2D eigenvalue weighted by Gasteiger charge is -2.12. The summed E-state index contributed by atoms with van der Waals surface area (Å²) < 4.78 is 6.13. The van der Waals surface area contributed by atoms with Crippen molar-refractivity contribution in [2.24, 2.45) is 0 Å². The quantitative estimate of drug-likeness (QED) is 0.220. The molecule has 9 aromatic rings. The lowest BCUT2D eigenvalue weighted by Crippen LogP contribution is -2.21. The van der Waals surface area contributed by atoms with Crippen LogP contribution in [-0.4, -0.2) is 18.5 Å². The Hall–Kier alpha value is -5.94. The molecule has 0 aliphatic carbocycles. The van der Waals surface area contributed by atoms with Gasteiger partial charge in [-0.05, 0) is 77.9 Å². The predicted molar refractivity (Wildman–Crippen MR) is 176 cm³/mol. The summed E-state index contributed by atoms with van der Waals surface area (Å²) in [5.41, 5.74) is 9.08. The number of rotatable bonds is 3. The van der Waals surface area contributed by atoms with Crippen molar-refractivity contribution in [3.05, 3.63) is 156 Å². The zero-order valence-corrected chi connectivity index (χ0v) is 23.1. The van der Waals surface area contributed by atoms with Crippen LogP contribution in [0.2, 0.25) is 0 Å². The third-order valence-electron chi connectivity index (χ3n) is 8.47. The summed E-state index contributed by atoms with van der Waals surface area (Å²) in [7, 11) is 0. The van der Waals surface area contributed by atoms with Crippen LogP contribution in [-0.2, 0) is 0 Å². The Labute approximate surface area is 246 Å². The molecule has 0 bridgehead atoms. The van der Waals surface area contributed by atoms with E-state index >= 15 is 0 Å². The Kier molecular flexibility index (Phi) is 4.98. The summed E-state index contributed by atoms with van der Waals surface area (Å²) >= 11 is 0. The normalized spacial score (nSPS) is 11.8. The van der Waals surface area contributed by atoms with E-state index in [1.165, 1.54) is 21.8 Å². The minimum atomic E-state index is -0.0821. The molecule has 0 unspecified atom stereocenters. The van der Waals surface area contributed by atoms with E-state index in [4.69, 9.17) is 4.98 Å². The van der Waals surface area contributed by atoms with Crippen LogP contribution in [0.5, 0.6) is 0 Å². The number of imidazole rings is 1. The first-order valence-electron chi connectivity index (χ1n) is 14.4. The first-order valence-corrected chi connectivity index (χ1v) is 14.4. The van der Waals surface area contributed by atoms with Gasteiger partial charge in [0, 0.05) is 16.5 Å². The van der Waals surface area contributed by atoms with E-state index in [0.29, 0.717) is 11.2 Å². The van der Waals surface area contributed by atoms with E-state index in [9.17, 15) is 4.79 Å². The molecule has 202 valence electrons. The van der Waals surface area contributed by atoms with Crippen LogP contribution >= 0.6 is 0 Å². The summed E-state index contributed by atoms with van der Waals surface area (Å²) in [6.07, 6.45) is 0. The summed E-state index contributed by atoms with van der Waals surface area (Å²) in [6, 6.07) is 49.7. The maximum Gasteiger partial charge on any atom is 0.267 e. The third kappa shape index (κ3) is 3.45. The fourth-order valence-electron chi connectivity index (χ4n) is 6.50. The summed E-state index contributed by atoms with van der Waals surface area (Å²) in [5.74, 6) is 0.604. The Bertz CT molecular complexity index is 2570. The van der Waals surface area contributed by atoms with Crippen LogP contribution in [0, 0.1) is 0 Å². The van der Waals surface area contributed by atoms with Crippen LogP contribution in [0.1, 0.15) is 0 Å². The lowest BCUT2D eigenvalue weighted by molar-refractivity contribution is 0.983. The molecule has 43 heavy (non-hydrogen) atoms. The smallest absolute Gasteiger partial charge is 0.267 e. The molecule has 0 aliphatic rings. The first kappa shape index (κ1) is 23.7. The van der Waals surface area contributed by atoms with Crippen molar-refractivity contribution in [3.63, 3.8) is 0 Å². The van der Waals surface area contributed by atoms with E-state index < -0.39 is 0 Å². The van der Waals surface area contributed by atoms with Gasteiger partial charge in [-0.25, -0.2) is 9.55 Å². The number of para-hydroxylation sites is 5. The second-order valence-electron chi connectivity index (χ2n) is 10.9. The molecule has 3 heterocycles. The van der Waals surface area contributed by atoms with Gasteiger partial charge in [0.1, 0.15) is 0 Å². The number of nitrogens with zero attached hydrogens (tertiary/aromatic N) is 4. The van der Waals surface area contributed by atoms with Crippen molar-refractivity contribution < 1.29 is 0 Å². The number of aromatic nitrogens is 4. The minimum absolute atomic E-state index is 0.0821. The molecule has 5 nitrogen and oxygen atoms in total. The van der Waals surface area contributed by atoms with Gasteiger partial charge < -0.3 is 4.57 Å². The van der Waals surface area contributed by atoms with Crippen LogP contribution in [0.3, 0.4) is 0 Å². The molecule has 0 amide bonds. The third-order valence-corrected chi connectivity index (χ3v) is 8.47. The van der Waals surface area contributed by atoms with Crippen molar-refractivity contribution in [1.82, 2.24) is 18.5 Å². The van der Waals surface area contributed by atoms with Gasteiger partial charge in [-0.3, -0.25) is 9.20 Å². The summed E-state index contributed by atoms with van der Waals surface area (Å²) in [4.78, 5) is 18.8. The predicted octanol–water partition coefficient (Wildman–Crippen LogP) is 8.56. The molecule has 6 aromatic carbocycles. The van der Waals surface area contributed by atoms with Gasteiger partial charge in [-0.15, -0.1) is 0 Å². The van der Waals surface area contributed by atoms with E-state index in [1.54, 1.807) is 4.57 Å². The Morgan fingerprint density at radius 1 is 0.442 bits per heavy atom. The van der Waals surface area contributed by atoms with E-state index in [1.807, 2.05) is 66.7 Å². The molecule has 9 rings (SSSR count). The second-order valence-corrected chi connectivity index (χ2v) is 10.9.